The molecule has 1 saturated carbocycles. The van der Waals surface area contributed by atoms with Crippen molar-refractivity contribution < 1.29 is 14.3 Å². The Kier molecular flexibility index (Phi) is 3.76. The zero-order chi connectivity index (χ0) is 13.2. The molecule has 0 unspecified atom stereocenters. The van der Waals surface area contributed by atoms with Gasteiger partial charge in [-0.15, -0.1) is 11.8 Å². The number of ether oxygens (including phenoxy) is 1. The molecule has 0 saturated heterocycles. The van der Waals surface area contributed by atoms with Gasteiger partial charge in [0.05, 0.1) is 7.11 Å². The highest BCUT2D eigenvalue weighted by molar-refractivity contribution is 7.98. The van der Waals surface area contributed by atoms with Crippen LogP contribution >= 0.6 is 11.8 Å². The number of esters is 1. The largest absolute Gasteiger partial charge is 0.468 e. The Morgan fingerprint density at radius 3 is 2.22 bits per heavy atom. The van der Waals surface area contributed by atoms with Crippen molar-refractivity contribution in [1.82, 2.24) is 0 Å². The van der Waals surface area contributed by atoms with E-state index in [0.717, 1.165) is 11.3 Å². The van der Waals surface area contributed by atoms with Crippen molar-refractivity contribution in [3.8, 4) is 0 Å². The molecule has 0 atom stereocenters. The van der Waals surface area contributed by atoms with Crippen LogP contribution in [-0.2, 0) is 9.53 Å². The van der Waals surface area contributed by atoms with Crippen molar-refractivity contribution in [2.75, 3.05) is 13.4 Å². The quantitative estimate of drug-likeness (QED) is 0.363. The third-order valence-electron chi connectivity index (χ3n) is 3.57. The molecule has 96 valence electrons. The highest BCUT2D eigenvalue weighted by Crippen LogP contribution is 2.44. The number of carbonyl (C=O) groups is 2. The molecule has 0 spiro atoms. The molecule has 1 aromatic carbocycles. The van der Waals surface area contributed by atoms with Crippen molar-refractivity contribution in [3.63, 3.8) is 0 Å². The molecule has 0 heterocycles. The Hall–Kier alpha value is -1.29. The lowest BCUT2D eigenvalue weighted by molar-refractivity contribution is -0.153. The summed E-state index contributed by atoms with van der Waals surface area (Å²) in [6.45, 7) is 0. The Labute approximate surface area is 111 Å². The summed E-state index contributed by atoms with van der Waals surface area (Å²) in [7, 11) is 1.34. The van der Waals surface area contributed by atoms with E-state index >= 15 is 0 Å². The van der Waals surface area contributed by atoms with Crippen LogP contribution < -0.4 is 0 Å². The van der Waals surface area contributed by atoms with Gasteiger partial charge < -0.3 is 4.74 Å². The van der Waals surface area contributed by atoms with Crippen molar-refractivity contribution in [3.05, 3.63) is 29.8 Å². The fraction of sp³-hybridized carbons (Fsp3) is 0.429. The van der Waals surface area contributed by atoms with Crippen LogP contribution in [0.5, 0.6) is 0 Å². The number of ketones is 1. The molecule has 1 aromatic rings. The maximum Gasteiger partial charge on any atom is 0.319 e. The zero-order valence-electron chi connectivity index (χ0n) is 10.6. The summed E-state index contributed by atoms with van der Waals surface area (Å²) in [4.78, 5) is 25.4. The van der Waals surface area contributed by atoms with Crippen molar-refractivity contribution >= 4 is 23.5 Å². The monoisotopic (exact) mass is 264 g/mol. The number of Topliss-reactive ketones (excluding diaryl/α,β-unsaturated/α-hetero) is 1. The summed E-state index contributed by atoms with van der Waals surface area (Å²) in [5, 5.41) is 0. The first-order chi connectivity index (χ1) is 8.64. The van der Waals surface area contributed by atoms with E-state index in [1.54, 1.807) is 23.9 Å². The SMILES string of the molecule is COC(=O)C1(C(=O)c2ccc(SC)cc2)CCC1. The van der Waals surface area contributed by atoms with Gasteiger partial charge in [0.25, 0.3) is 0 Å². The van der Waals surface area contributed by atoms with E-state index in [4.69, 9.17) is 4.74 Å². The van der Waals surface area contributed by atoms with Crippen LogP contribution in [0.4, 0.5) is 0 Å². The first kappa shape index (κ1) is 13.1. The first-order valence-electron chi connectivity index (χ1n) is 5.91. The fourth-order valence-corrected chi connectivity index (χ4v) is 2.68. The molecule has 3 nitrogen and oxygen atoms in total. The van der Waals surface area contributed by atoms with Crippen LogP contribution in [0.3, 0.4) is 0 Å². The second kappa shape index (κ2) is 5.14. The molecule has 0 N–H and O–H groups in total. The molecule has 0 aromatic heterocycles. The Balaban J connectivity index is 2.26. The molecule has 0 radical (unpaired) electrons. The number of rotatable bonds is 4. The van der Waals surface area contributed by atoms with Crippen LogP contribution in [0.2, 0.25) is 0 Å². The van der Waals surface area contributed by atoms with E-state index in [1.807, 2.05) is 18.4 Å². The summed E-state index contributed by atoms with van der Waals surface area (Å²) in [6.07, 6.45) is 4.09. The van der Waals surface area contributed by atoms with Gasteiger partial charge in [-0.05, 0) is 31.2 Å². The molecule has 0 amide bonds. The molecule has 1 aliphatic carbocycles. The number of benzene rings is 1. The standard InChI is InChI=1S/C14H16O3S/c1-17-13(16)14(8-3-9-14)12(15)10-4-6-11(18-2)7-5-10/h4-7H,3,8-9H2,1-2H3. The second-order valence-electron chi connectivity index (χ2n) is 4.48. The lowest BCUT2D eigenvalue weighted by Gasteiger charge is -2.37. The van der Waals surface area contributed by atoms with Gasteiger partial charge >= 0.3 is 5.97 Å². The minimum absolute atomic E-state index is 0.103. The van der Waals surface area contributed by atoms with Gasteiger partial charge in [0.15, 0.2) is 5.78 Å². The third-order valence-corrected chi connectivity index (χ3v) is 4.31. The Bertz CT molecular complexity index is 460. The molecule has 0 bridgehead atoms. The molecule has 18 heavy (non-hydrogen) atoms. The first-order valence-corrected chi connectivity index (χ1v) is 7.14. The van der Waals surface area contributed by atoms with Crippen LogP contribution in [-0.4, -0.2) is 25.1 Å². The van der Waals surface area contributed by atoms with Gasteiger partial charge in [-0.1, -0.05) is 18.6 Å². The maximum absolute atomic E-state index is 12.4. The number of hydrogen-bond acceptors (Lipinski definition) is 4. The fourth-order valence-electron chi connectivity index (χ4n) is 2.27. The van der Waals surface area contributed by atoms with Crippen LogP contribution in [0.1, 0.15) is 29.6 Å². The minimum atomic E-state index is -0.921. The molecular weight excluding hydrogens is 248 g/mol. The van der Waals surface area contributed by atoms with E-state index in [0.29, 0.717) is 18.4 Å². The number of thioether (sulfide) groups is 1. The molecule has 4 heteroatoms. The normalized spacial score (nSPS) is 16.8. The highest BCUT2D eigenvalue weighted by Gasteiger charge is 2.51. The number of hydrogen-bond donors (Lipinski definition) is 0. The van der Waals surface area contributed by atoms with Crippen molar-refractivity contribution in [2.45, 2.75) is 24.2 Å². The number of carbonyl (C=O) groups excluding carboxylic acids is 2. The minimum Gasteiger partial charge on any atom is -0.468 e. The average Bonchev–Trinajstić information content (AvgIpc) is 2.37. The topological polar surface area (TPSA) is 43.4 Å². The smallest absolute Gasteiger partial charge is 0.319 e. The van der Waals surface area contributed by atoms with Gasteiger partial charge in [0.1, 0.15) is 5.41 Å². The second-order valence-corrected chi connectivity index (χ2v) is 5.36. The predicted molar refractivity (Wildman–Crippen MR) is 70.9 cm³/mol. The molecule has 1 fully saturated rings. The Morgan fingerprint density at radius 1 is 1.22 bits per heavy atom. The summed E-state index contributed by atoms with van der Waals surface area (Å²) in [6, 6.07) is 7.39. The summed E-state index contributed by atoms with van der Waals surface area (Å²) in [5.74, 6) is -0.499. The van der Waals surface area contributed by atoms with Crippen molar-refractivity contribution in [1.29, 1.82) is 0 Å². The summed E-state index contributed by atoms with van der Waals surface area (Å²) in [5.41, 5.74) is -0.326. The highest BCUT2D eigenvalue weighted by atomic mass is 32.2. The van der Waals surface area contributed by atoms with Crippen LogP contribution in [0, 0.1) is 5.41 Å². The molecule has 1 aliphatic rings. The zero-order valence-corrected chi connectivity index (χ0v) is 11.4. The van der Waals surface area contributed by atoms with Crippen molar-refractivity contribution in [2.24, 2.45) is 5.41 Å². The summed E-state index contributed by atoms with van der Waals surface area (Å²) >= 11 is 1.62. The van der Waals surface area contributed by atoms with Gasteiger partial charge in [0.2, 0.25) is 0 Å². The Morgan fingerprint density at radius 2 is 1.83 bits per heavy atom. The third kappa shape index (κ3) is 2.05. The van der Waals surface area contributed by atoms with E-state index in [2.05, 4.69) is 0 Å². The van der Waals surface area contributed by atoms with Gasteiger partial charge in [-0.2, -0.15) is 0 Å². The van der Waals surface area contributed by atoms with E-state index in [-0.39, 0.29) is 5.78 Å². The van der Waals surface area contributed by atoms with Crippen LogP contribution in [0.25, 0.3) is 0 Å². The lowest BCUT2D eigenvalue weighted by Crippen LogP contribution is -2.45. The van der Waals surface area contributed by atoms with Gasteiger partial charge in [-0.3, -0.25) is 9.59 Å². The predicted octanol–water partition coefficient (Wildman–Crippen LogP) is 2.93. The van der Waals surface area contributed by atoms with Crippen LogP contribution in [0.15, 0.2) is 29.2 Å². The molecule has 2 rings (SSSR count). The van der Waals surface area contributed by atoms with E-state index in [1.165, 1.54) is 7.11 Å². The molecular formula is C14H16O3S. The maximum atomic E-state index is 12.4. The average molecular weight is 264 g/mol. The molecule has 0 aliphatic heterocycles. The van der Waals surface area contributed by atoms with E-state index in [9.17, 15) is 9.59 Å². The lowest BCUT2D eigenvalue weighted by atomic mass is 9.64. The van der Waals surface area contributed by atoms with Gasteiger partial charge in [-0.25, -0.2) is 0 Å². The number of methoxy groups -OCH3 is 1. The summed E-state index contributed by atoms with van der Waals surface area (Å²) < 4.78 is 4.78. The van der Waals surface area contributed by atoms with E-state index < -0.39 is 11.4 Å². The van der Waals surface area contributed by atoms with Gasteiger partial charge in [0, 0.05) is 10.5 Å².